The van der Waals surface area contributed by atoms with E-state index in [0.29, 0.717) is 48.6 Å². The van der Waals surface area contributed by atoms with E-state index in [1.165, 1.54) is 12.3 Å². The minimum absolute atomic E-state index is 0.0960. The number of alkyl halides is 6. The predicted octanol–water partition coefficient (Wildman–Crippen LogP) is 4.12. The molecule has 1 aromatic carbocycles. The molecule has 11 heteroatoms. The molecule has 0 atom stereocenters. The minimum Gasteiger partial charge on any atom is -0.358 e. The molecule has 1 aromatic heterocycles. The number of pyridine rings is 1. The summed E-state index contributed by atoms with van der Waals surface area (Å²) in [6.07, 6.45) is -8.11. The molecule has 1 aliphatic heterocycles. The van der Waals surface area contributed by atoms with E-state index in [2.05, 4.69) is 20.9 Å². The van der Waals surface area contributed by atoms with Crippen molar-refractivity contribution in [1.29, 1.82) is 0 Å². The first-order chi connectivity index (χ1) is 15.0. The first-order valence-electron chi connectivity index (χ1n) is 9.62. The molecule has 1 amide bonds. The zero-order valence-electron chi connectivity index (χ0n) is 16.9. The van der Waals surface area contributed by atoms with Crippen LogP contribution < -0.4 is 16.0 Å². The van der Waals surface area contributed by atoms with E-state index in [1.807, 2.05) is 0 Å². The highest BCUT2D eigenvalue weighted by atomic mass is 19.4. The Hall–Kier alpha value is -3.08. The number of nitrogens with zero attached hydrogens (tertiary/aromatic N) is 1. The molecular weight excluding hydrogens is 438 g/mol. The molecule has 2 heterocycles. The lowest BCUT2D eigenvalue weighted by Gasteiger charge is -2.22. The number of hydrogen-bond donors (Lipinski definition) is 3. The average Bonchev–Trinajstić information content (AvgIpc) is 2.69. The van der Waals surface area contributed by atoms with Gasteiger partial charge in [0, 0.05) is 54.8 Å². The highest BCUT2D eigenvalue weighted by Gasteiger charge is 2.36. The van der Waals surface area contributed by atoms with E-state index in [0.717, 1.165) is 0 Å². The normalized spacial score (nSPS) is 15.0. The highest BCUT2D eigenvalue weighted by molar-refractivity contribution is 5.96. The Morgan fingerprint density at radius 3 is 2.28 bits per heavy atom. The Bertz CT molecular complexity index is 997. The molecule has 5 nitrogen and oxygen atoms in total. The number of rotatable bonds is 6. The predicted molar refractivity (Wildman–Crippen MR) is 106 cm³/mol. The van der Waals surface area contributed by atoms with Gasteiger partial charge in [-0.3, -0.25) is 9.78 Å². The van der Waals surface area contributed by atoms with Crippen molar-refractivity contribution in [3.05, 3.63) is 70.2 Å². The van der Waals surface area contributed by atoms with Crippen molar-refractivity contribution in [3.63, 3.8) is 0 Å². The number of benzene rings is 1. The van der Waals surface area contributed by atoms with E-state index in [4.69, 9.17) is 0 Å². The molecule has 0 bridgehead atoms. The summed E-state index contributed by atoms with van der Waals surface area (Å²) in [6, 6.07) is 4.61. The van der Waals surface area contributed by atoms with Crippen LogP contribution in [0, 0.1) is 0 Å². The number of aromatic nitrogens is 1. The lowest BCUT2D eigenvalue weighted by atomic mass is 10.0. The van der Waals surface area contributed by atoms with Gasteiger partial charge in [0.25, 0.3) is 0 Å². The number of carbonyl (C=O) groups excluding carboxylic acids is 1. The van der Waals surface area contributed by atoms with Crippen LogP contribution in [0.15, 0.2) is 47.8 Å². The van der Waals surface area contributed by atoms with Gasteiger partial charge in [0.1, 0.15) is 0 Å². The molecule has 0 saturated heterocycles. The van der Waals surface area contributed by atoms with Gasteiger partial charge in [-0.2, -0.15) is 26.3 Å². The van der Waals surface area contributed by atoms with E-state index >= 15 is 0 Å². The van der Waals surface area contributed by atoms with Gasteiger partial charge >= 0.3 is 12.4 Å². The molecule has 0 spiro atoms. The van der Waals surface area contributed by atoms with E-state index < -0.39 is 23.5 Å². The maximum Gasteiger partial charge on any atom is 0.416 e. The largest absolute Gasteiger partial charge is 0.416 e. The summed E-state index contributed by atoms with van der Waals surface area (Å²) in [5, 5.41) is 8.77. The monoisotopic (exact) mass is 458 g/mol. The third-order valence-electron chi connectivity index (χ3n) is 4.80. The van der Waals surface area contributed by atoms with E-state index in [-0.39, 0.29) is 29.7 Å². The second kappa shape index (κ2) is 9.19. The Labute approximate surface area is 179 Å². The third-order valence-corrected chi connectivity index (χ3v) is 4.80. The smallest absolute Gasteiger partial charge is 0.358 e. The molecule has 172 valence electrons. The molecule has 0 aliphatic carbocycles. The number of anilines is 1. The summed E-state index contributed by atoms with van der Waals surface area (Å²) in [7, 11) is 1.70. The molecule has 0 saturated carbocycles. The van der Waals surface area contributed by atoms with Crippen LogP contribution in [0.3, 0.4) is 0 Å². The van der Waals surface area contributed by atoms with E-state index in [1.54, 1.807) is 13.1 Å². The van der Waals surface area contributed by atoms with Crippen LogP contribution in [0.2, 0.25) is 0 Å². The Morgan fingerprint density at radius 1 is 1.03 bits per heavy atom. The van der Waals surface area contributed by atoms with Crippen molar-refractivity contribution in [3.8, 4) is 0 Å². The number of halogens is 6. The number of nitrogens with one attached hydrogen (secondary N) is 3. The van der Waals surface area contributed by atoms with Crippen LogP contribution in [0.4, 0.5) is 32.0 Å². The van der Waals surface area contributed by atoms with E-state index in [9.17, 15) is 31.1 Å². The molecule has 3 N–H and O–H groups in total. The lowest BCUT2D eigenvalue weighted by molar-refractivity contribution is -0.143. The fourth-order valence-electron chi connectivity index (χ4n) is 3.35. The van der Waals surface area contributed by atoms with Crippen molar-refractivity contribution in [2.24, 2.45) is 0 Å². The zero-order valence-corrected chi connectivity index (χ0v) is 16.9. The summed E-state index contributed by atoms with van der Waals surface area (Å²) < 4.78 is 78.6. The number of likely N-dealkylation sites (N-methyl/N-ethyl adjacent to an activating group) is 1. The van der Waals surface area contributed by atoms with Gasteiger partial charge in [-0.25, -0.2) is 0 Å². The standard InChI is InChI=1S/C21H20F6N4O/c1-28-11-17-18(3-5-30-19(17)32)31-15-2-4-29-16(10-15)8-12-6-13(20(22,23)24)9-14(7-12)21(25,26)27/h2,4,6-7,9-10,28H,3,5,8,11H2,1H3,(H,29,31)(H,30,32). The van der Waals surface area contributed by atoms with Crippen LogP contribution in [-0.2, 0) is 23.6 Å². The second-order valence-electron chi connectivity index (χ2n) is 7.25. The number of hydrogen-bond acceptors (Lipinski definition) is 4. The van der Waals surface area contributed by atoms with Gasteiger partial charge < -0.3 is 16.0 Å². The first-order valence-corrected chi connectivity index (χ1v) is 9.62. The summed E-state index contributed by atoms with van der Waals surface area (Å²) in [4.78, 5) is 16.1. The summed E-state index contributed by atoms with van der Waals surface area (Å²) >= 11 is 0. The molecule has 0 radical (unpaired) electrons. The molecule has 1 aliphatic rings. The molecule has 0 fully saturated rings. The molecular formula is C21H20F6N4O. The van der Waals surface area contributed by atoms with Gasteiger partial charge in [0.05, 0.1) is 11.1 Å². The molecule has 32 heavy (non-hydrogen) atoms. The van der Waals surface area contributed by atoms with Crippen molar-refractivity contribution < 1.29 is 31.1 Å². The van der Waals surface area contributed by atoms with Crippen molar-refractivity contribution in [2.45, 2.75) is 25.2 Å². The van der Waals surface area contributed by atoms with Crippen LogP contribution in [0.1, 0.15) is 28.8 Å². The summed E-state index contributed by atoms with van der Waals surface area (Å²) in [5.74, 6) is -0.217. The van der Waals surface area contributed by atoms with Gasteiger partial charge in [-0.15, -0.1) is 0 Å². The number of amides is 1. The third kappa shape index (κ3) is 5.78. The topological polar surface area (TPSA) is 66.1 Å². The average molecular weight is 458 g/mol. The fraction of sp³-hybridized carbons (Fsp3) is 0.333. The van der Waals surface area contributed by atoms with Gasteiger partial charge in [0.15, 0.2) is 0 Å². The van der Waals surface area contributed by atoms with Crippen LogP contribution in [-0.4, -0.2) is 31.0 Å². The Morgan fingerprint density at radius 2 is 1.69 bits per heavy atom. The fourth-order valence-corrected chi connectivity index (χ4v) is 3.35. The zero-order chi connectivity index (χ0) is 23.5. The van der Waals surface area contributed by atoms with Crippen LogP contribution in [0.25, 0.3) is 0 Å². The maximum absolute atomic E-state index is 13.1. The van der Waals surface area contributed by atoms with Crippen LogP contribution in [0.5, 0.6) is 0 Å². The molecule has 3 rings (SSSR count). The quantitative estimate of drug-likeness (QED) is 0.570. The highest BCUT2D eigenvalue weighted by Crippen LogP contribution is 2.36. The van der Waals surface area contributed by atoms with Gasteiger partial charge in [0.2, 0.25) is 5.91 Å². The molecule has 0 unspecified atom stereocenters. The SMILES string of the molecule is CNCC1=C(Nc2ccnc(Cc3cc(C(F)(F)F)cc(C(F)(F)F)c3)c2)CCNC1=O. The molecule has 2 aromatic rings. The van der Waals surface area contributed by atoms with Crippen LogP contribution >= 0.6 is 0 Å². The van der Waals surface area contributed by atoms with Gasteiger partial charge in [-0.05, 0) is 42.9 Å². The van der Waals surface area contributed by atoms with Crippen molar-refractivity contribution in [2.75, 3.05) is 25.5 Å². The first kappa shape index (κ1) is 23.6. The Balaban J connectivity index is 1.89. The minimum atomic E-state index is -4.91. The Kier molecular flexibility index (Phi) is 6.77. The van der Waals surface area contributed by atoms with Crippen molar-refractivity contribution in [1.82, 2.24) is 15.6 Å². The summed E-state index contributed by atoms with van der Waals surface area (Å²) in [6.45, 7) is 0.771. The summed E-state index contributed by atoms with van der Waals surface area (Å²) in [5.41, 5.74) is -0.902. The van der Waals surface area contributed by atoms with Crippen molar-refractivity contribution >= 4 is 11.6 Å². The van der Waals surface area contributed by atoms with Gasteiger partial charge in [-0.1, -0.05) is 0 Å². The lowest BCUT2D eigenvalue weighted by Crippen LogP contribution is -2.36. The maximum atomic E-state index is 13.1. The second-order valence-corrected chi connectivity index (χ2v) is 7.25. The number of carbonyl (C=O) groups is 1.